The Balaban J connectivity index is 2.11. The van der Waals surface area contributed by atoms with Gasteiger partial charge in [-0.05, 0) is 0 Å². The molecule has 0 atom stereocenters. The number of anilines is 1. The highest BCUT2D eigenvalue weighted by molar-refractivity contribution is 7.13. The lowest BCUT2D eigenvalue weighted by atomic mass is 10.6. The fraction of sp³-hybridized carbons (Fsp3) is 0.375. The van der Waals surface area contributed by atoms with Gasteiger partial charge in [-0.1, -0.05) is 0 Å². The van der Waals surface area contributed by atoms with Gasteiger partial charge in [0.15, 0.2) is 5.13 Å². The Bertz CT molecular complexity index is 325. The molecule has 0 aliphatic heterocycles. The van der Waals surface area contributed by atoms with Gasteiger partial charge < -0.3 is 10.6 Å². The van der Waals surface area contributed by atoms with Crippen LogP contribution in [-0.4, -0.2) is 30.0 Å². The summed E-state index contributed by atoms with van der Waals surface area (Å²) in [5.74, 6) is -0.114. The molecular formula is C8H12N4O2S. The average molecular weight is 228 g/mol. The summed E-state index contributed by atoms with van der Waals surface area (Å²) in [7, 11) is 0. The number of carbonyl (C=O) groups is 2. The van der Waals surface area contributed by atoms with E-state index < -0.39 is 0 Å². The molecule has 0 radical (unpaired) electrons. The molecule has 1 heterocycles. The first-order valence-corrected chi connectivity index (χ1v) is 5.25. The Morgan fingerprint density at radius 3 is 2.73 bits per heavy atom. The highest BCUT2D eigenvalue weighted by Crippen LogP contribution is 2.09. The van der Waals surface area contributed by atoms with Crippen molar-refractivity contribution < 1.29 is 9.59 Å². The molecule has 0 unspecified atom stereocenters. The van der Waals surface area contributed by atoms with Crippen molar-refractivity contribution in [2.45, 2.75) is 6.92 Å². The number of hydrogen-bond acceptors (Lipinski definition) is 4. The van der Waals surface area contributed by atoms with Gasteiger partial charge in [-0.25, -0.2) is 9.78 Å². The van der Waals surface area contributed by atoms with Gasteiger partial charge in [-0.2, -0.15) is 0 Å². The van der Waals surface area contributed by atoms with Crippen LogP contribution in [0.1, 0.15) is 6.92 Å². The van der Waals surface area contributed by atoms with Crippen LogP contribution in [0.4, 0.5) is 9.93 Å². The van der Waals surface area contributed by atoms with Gasteiger partial charge in [0.1, 0.15) is 0 Å². The average Bonchev–Trinajstić information content (AvgIpc) is 2.64. The SMILES string of the molecule is CC(=O)NCCNC(=O)Nc1nccs1. The molecule has 15 heavy (non-hydrogen) atoms. The lowest BCUT2D eigenvalue weighted by Gasteiger charge is -2.05. The highest BCUT2D eigenvalue weighted by atomic mass is 32.1. The third kappa shape index (κ3) is 4.96. The van der Waals surface area contributed by atoms with Gasteiger partial charge in [0.25, 0.3) is 0 Å². The number of urea groups is 1. The fourth-order valence-electron chi connectivity index (χ4n) is 0.841. The van der Waals surface area contributed by atoms with Crippen molar-refractivity contribution in [3.05, 3.63) is 11.6 Å². The molecule has 0 saturated heterocycles. The Morgan fingerprint density at radius 1 is 1.40 bits per heavy atom. The van der Waals surface area contributed by atoms with Crippen molar-refractivity contribution >= 4 is 28.4 Å². The summed E-state index contributed by atoms with van der Waals surface area (Å²) in [5, 5.41) is 10.0. The fourth-order valence-corrected chi connectivity index (χ4v) is 1.37. The first-order chi connectivity index (χ1) is 7.18. The van der Waals surface area contributed by atoms with E-state index in [0.29, 0.717) is 18.2 Å². The van der Waals surface area contributed by atoms with Crippen LogP contribution in [0.5, 0.6) is 0 Å². The number of rotatable bonds is 4. The number of aromatic nitrogens is 1. The summed E-state index contributed by atoms with van der Waals surface area (Å²) in [6.45, 7) is 2.23. The Kier molecular flexibility index (Phi) is 4.55. The van der Waals surface area contributed by atoms with E-state index in [0.717, 1.165) is 0 Å². The van der Waals surface area contributed by atoms with Crippen molar-refractivity contribution in [1.82, 2.24) is 15.6 Å². The van der Waals surface area contributed by atoms with Crippen LogP contribution in [0.25, 0.3) is 0 Å². The Hall–Kier alpha value is -1.63. The van der Waals surface area contributed by atoms with E-state index >= 15 is 0 Å². The summed E-state index contributed by atoms with van der Waals surface area (Å²) >= 11 is 1.34. The molecule has 0 aliphatic carbocycles. The third-order valence-electron chi connectivity index (χ3n) is 1.44. The molecule has 0 saturated carbocycles. The van der Waals surface area contributed by atoms with Crippen LogP contribution in [-0.2, 0) is 4.79 Å². The first-order valence-electron chi connectivity index (χ1n) is 4.37. The molecule has 7 heteroatoms. The molecule has 0 spiro atoms. The van der Waals surface area contributed by atoms with E-state index in [1.54, 1.807) is 11.6 Å². The van der Waals surface area contributed by atoms with Crippen molar-refractivity contribution in [2.24, 2.45) is 0 Å². The molecule has 3 amide bonds. The lowest BCUT2D eigenvalue weighted by Crippen LogP contribution is -2.36. The van der Waals surface area contributed by atoms with E-state index in [2.05, 4.69) is 20.9 Å². The molecule has 1 aromatic heterocycles. The van der Waals surface area contributed by atoms with E-state index in [4.69, 9.17) is 0 Å². The van der Waals surface area contributed by atoms with Crippen LogP contribution in [0, 0.1) is 0 Å². The van der Waals surface area contributed by atoms with E-state index in [1.165, 1.54) is 18.3 Å². The van der Waals surface area contributed by atoms with Crippen LogP contribution in [0.3, 0.4) is 0 Å². The Morgan fingerprint density at radius 2 is 2.13 bits per heavy atom. The largest absolute Gasteiger partial charge is 0.355 e. The van der Waals surface area contributed by atoms with Gasteiger partial charge >= 0.3 is 6.03 Å². The highest BCUT2D eigenvalue weighted by Gasteiger charge is 2.01. The minimum atomic E-state index is -0.324. The standard InChI is InChI=1S/C8H12N4O2S/c1-6(13)9-2-3-10-7(14)12-8-11-4-5-15-8/h4-5H,2-3H2,1H3,(H,9,13)(H2,10,11,12,14). The predicted molar refractivity (Wildman–Crippen MR) is 57.8 cm³/mol. The maximum Gasteiger partial charge on any atom is 0.321 e. The first kappa shape index (κ1) is 11.4. The molecule has 6 nitrogen and oxygen atoms in total. The van der Waals surface area contributed by atoms with E-state index in [9.17, 15) is 9.59 Å². The van der Waals surface area contributed by atoms with Crippen molar-refractivity contribution in [3.63, 3.8) is 0 Å². The van der Waals surface area contributed by atoms with Gasteiger partial charge in [0.2, 0.25) is 5.91 Å². The third-order valence-corrected chi connectivity index (χ3v) is 2.13. The van der Waals surface area contributed by atoms with Crippen LogP contribution in [0.2, 0.25) is 0 Å². The second kappa shape index (κ2) is 5.97. The number of thiazole rings is 1. The van der Waals surface area contributed by atoms with Gasteiger partial charge in [0, 0.05) is 31.6 Å². The van der Waals surface area contributed by atoms with Crippen molar-refractivity contribution in [2.75, 3.05) is 18.4 Å². The summed E-state index contributed by atoms with van der Waals surface area (Å²) in [6, 6.07) is -0.324. The number of amides is 3. The molecule has 82 valence electrons. The summed E-state index contributed by atoms with van der Waals surface area (Å²) in [6.07, 6.45) is 1.61. The molecule has 0 aliphatic rings. The molecule has 0 aromatic carbocycles. The Labute approximate surface area is 91.1 Å². The molecule has 1 aromatic rings. The zero-order chi connectivity index (χ0) is 11.1. The van der Waals surface area contributed by atoms with Crippen molar-refractivity contribution in [3.8, 4) is 0 Å². The minimum absolute atomic E-state index is 0.114. The van der Waals surface area contributed by atoms with Crippen molar-refractivity contribution in [1.29, 1.82) is 0 Å². The number of carbonyl (C=O) groups excluding carboxylic acids is 2. The molecule has 3 N–H and O–H groups in total. The predicted octanol–water partition coefficient (Wildman–Crippen LogP) is 0.401. The van der Waals surface area contributed by atoms with Crippen LogP contribution in [0.15, 0.2) is 11.6 Å². The lowest BCUT2D eigenvalue weighted by molar-refractivity contribution is -0.118. The zero-order valence-corrected chi connectivity index (χ0v) is 9.06. The topological polar surface area (TPSA) is 83.1 Å². The van der Waals surface area contributed by atoms with Crippen LogP contribution >= 0.6 is 11.3 Å². The quantitative estimate of drug-likeness (QED) is 0.652. The summed E-state index contributed by atoms with van der Waals surface area (Å²) in [4.78, 5) is 25.6. The van der Waals surface area contributed by atoms with Gasteiger partial charge in [-0.15, -0.1) is 11.3 Å². The number of nitrogens with zero attached hydrogens (tertiary/aromatic N) is 1. The summed E-state index contributed by atoms with van der Waals surface area (Å²) in [5.41, 5.74) is 0. The second-order valence-corrected chi connectivity index (χ2v) is 3.60. The molecular weight excluding hydrogens is 216 g/mol. The molecule has 1 rings (SSSR count). The smallest absolute Gasteiger partial charge is 0.321 e. The molecule has 0 fully saturated rings. The number of hydrogen-bond donors (Lipinski definition) is 3. The zero-order valence-electron chi connectivity index (χ0n) is 8.24. The van der Waals surface area contributed by atoms with E-state index in [1.807, 2.05) is 0 Å². The number of nitrogens with one attached hydrogen (secondary N) is 3. The molecule has 0 bridgehead atoms. The van der Waals surface area contributed by atoms with E-state index in [-0.39, 0.29) is 11.9 Å². The summed E-state index contributed by atoms with van der Waals surface area (Å²) < 4.78 is 0. The minimum Gasteiger partial charge on any atom is -0.355 e. The van der Waals surface area contributed by atoms with Crippen LogP contribution < -0.4 is 16.0 Å². The van der Waals surface area contributed by atoms with Gasteiger partial charge in [-0.3, -0.25) is 10.1 Å². The van der Waals surface area contributed by atoms with Gasteiger partial charge in [0.05, 0.1) is 0 Å². The maximum atomic E-state index is 11.2. The normalized spacial score (nSPS) is 9.40. The maximum absolute atomic E-state index is 11.2. The second-order valence-electron chi connectivity index (χ2n) is 2.70. The monoisotopic (exact) mass is 228 g/mol.